The fraction of sp³-hybridized carbons (Fsp3) is 0.667. The topological polar surface area (TPSA) is 35.5 Å². The van der Waals surface area contributed by atoms with Crippen molar-refractivity contribution in [3.8, 4) is 5.75 Å². The average molecular weight is 330 g/mol. The first-order valence-corrected chi connectivity index (χ1v) is 9.66. The molecule has 1 heterocycles. The molecular formula is C21H30O3. The highest BCUT2D eigenvalue weighted by molar-refractivity contribution is 5.92. The molecule has 0 aromatic heterocycles. The average Bonchev–Trinajstić information content (AvgIpc) is 2.61. The SMILES string of the molecule is CCOc1ccc2c(c1)C(=O)OC(CCC1CCC(CC)CC1)C2. The van der Waals surface area contributed by atoms with E-state index >= 15 is 0 Å². The summed E-state index contributed by atoms with van der Waals surface area (Å²) in [6.45, 7) is 4.86. The van der Waals surface area contributed by atoms with Gasteiger partial charge in [0.05, 0.1) is 12.2 Å². The van der Waals surface area contributed by atoms with Crippen LogP contribution in [0.25, 0.3) is 0 Å². The Labute approximate surface area is 145 Å². The Morgan fingerprint density at radius 2 is 1.83 bits per heavy atom. The van der Waals surface area contributed by atoms with Crippen LogP contribution in [0, 0.1) is 11.8 Å². The van der Waals surface area contributed by atoms with E-state index in [-0.39, 0.29) is 12.1 Å². The smallest absolute Gasteiger partial charge is 0.338 e. The molecule has 0 saturated heterocycles. The molecule has 0 bridgehead atoms. The molecule has 0 spiro atoms. The first kappa shape index (κ1) is 17.3. The van der Waals surface area contributed by atoms with Gasteiger partial charge in [-0.2, -0.15) is 0 Å². The zero-order chi connectivity index (χ0) is 16.9. The number of fused-ring (bicyclic) bond motifs is 1. The number of esters is 1. The first-order valence-electron chi connectivity index (χ1n) is 9.66. The van der Waals surface area contributed by atoms with E-state index in [1.807, 2.05) is 25.1 Å². The molecule has 3 nitrogen and oxygen atoms in total. The van der Waals surface area contributed by atoms with Gasteiger partial charge in [-0.05, 0) is 49.3 Å². The van der Waals surface area contributed by atoms with Crippen molar-refractivity contribution >= 4 is 5.97 Å². The molecule has 2 aliphatic rings. The maximum Gasteiger partial charge on any atom is 0.338 e. The number of rotatable bonds is 6. The van der Waals surface area contributed by atoms with E-state index in [0.29, 0.717) is 12.2 Å². The molecular weight excluding hydrogens is 300 g/mol. The quantitative estimate of drug-likeness (QED) is 0.676. The molecule has 132 valence electrons. The number of cyclic esters (lactones) is 1. The Hall–Kier alpha value is -1.51. The molecule has 0 radical (unpaired) electrons. The second-order valence-corrected chi connectivity index (χ2v) is 7.36. The van der Waals surface area contributed by atoms with Crippen molar-refractivity contribution in [1.82, 2.24) is 0 Å². The van der Waals surface area contributed by atoms with Crippen LogP contribution in [-0.4, -0.2) is 18.7 Å². The van der Waals surface area contributed by atoms with Crippen LogP contribution in [0.2, 0.25) is 0 Å². The molecule has 24 heavy (non-hydrogen) atoms. The van der Waals surface area contributed by atoms with E-state index in [9.17, 15) is 4.79 Å². The van der Waals surface area contributed by atoms with Crippen LogP contribution in [0.1, 0.15) is 74.7 Å². The van der Waals surface area contributed by atoms with Crippen LogP contribution in [0.15, 0.2) is 18.2 Å². The number of benzene rings is 1. The summed E-state index contributed by atoms with van der Waals surface area (Å²) < 4.78 is 11.2. The van der Waals surface area contributed by atoms with Gasteiger partial charge >= 0.3 is 5.97 Å². The maximum absolute atomic E-state index is 12.3. The van der Waals surface area contributed by atoms with Crippen molar-refractivity contribution in [2.45, 2.75) is 71.3 Å². The molecule has 1 aromatic rings. The Morgan fingerprint density at radius 3 is 2.54 bits per heavy atom. The summed E-state index contributed by atoms with van der Waals surface area (Å²) in [6.07, 6.45) is 9.89. The monoisotopic (exact) mass is 330 g/mol. The molecule has 0 amide bonds. The summed E-state index contributed by atoms with van der Waals surface area (Å²) in [5.74, 6) is 2.34. The Bertz CT molecular complexity index is 558. The number of ether oxygens (including phenoxy) is 2. The largest absolute Gasteiger partial charge is 0.494 e. The summed E-state index contributed by atoms with van der Waals surface area (Å²) in [6, 6.07) is 5.81. The van der Waals surface area contributed by atoms with Gasteiger partial charge in [0.2, 0.25) is 0 Å². The Balaban J connectivity index is 1.53. The second kappa shape index (κ2) is 8.04. The van der Waals surface area contributed by atoms with Crippen molar-refractivity contribution in [2.75, 3.05) is 6.61 Å². The zero-order valence-electron chi connectivity index (χ0n) is 15.1. The van der Waals surface area contributed by atoms with E-state index in [0.717, 1.165) is 36.0 Å². The van der Waals surface area contributed by atoms with Gasteiger partial charge in [0.1, 0.15) is 11.9 Å². The fourth-order valence-electron chi connectivity index (χ4n) is 4.19. The molecule has 1 saturated carbocycles. The normalized spacial score (nSPS) is 26.6. The Kier molecular flexibility index (Phi) is 5.80. The Morgan fingerprint density at radius 1 is 1.08 bits per heavy atom. The van der Waals surface area contributed by atoms with Crippen LogP contribution in [0.5, 0.6) is 5.75 Å². The van der Waals surface area contributed by atoms with E-state index in [2.05, 4.69) is 6.92 Å². The van der Waals surface area contributed by atoms with Gasteiger partial charge in [-0.1, -0.05) is 45.1 Å². The lowest BCUT2D eigenvalue weighted by atomic mass is 9.78. The highest BCUT2D eigenvalue weighted by Gasteiger charge is 2.28. The van der Waals surface area contributed by atoms with Gasteiger partial charge in [0.15, 0.2) is 0 Å². The van der Waals surface area contributed by atoms with Crippen molar-refractivity contribution < 1.29 is 14.3 Å². The molecule has 1 aliphatic heterocycles. The molecule has 1 unspecified atom stereocenters. The summed E-state index contributed by atoms with van der Waals surface area (Å²) in [7, 11) is 0. The van der Waals surface area contributed by atoms with Crippen LogP contribution in [0.4, 0.5) is 0 Å². The lowest BCUT2D eigenvalue weighted by Crippen LogP contribution is -2.28. The van der Waals surface area contributed by atoms with E-state index in [4.69, 9.17) is 9.47 Å². The van der Waals surface area contributed by atoms with E-state index in [1.165, 1.54) is 38.5 Å². The molecule has 1 aromatic carbocycles. The summed E-state index contributed by atoms with van der Waals surface area (Å²) in [5, 5.41) is 0. The predicted octanol–water partition coefficient (Wildman–Crippen LogP) is 5.16. The first-order chi connectivity index (χ1) is 11.7. The van der Waals surface area contributed by atoms with Gasteiger partial charge in [0.25, 0.3) is 0 Å². The van der Waals surface area contributed by atoms with Gasteiger partial charge in [-0.25, -0.2) is 4.79 Å². The summed E-state index contributed by atoms with van der Waals surface area (Å²) in [5.41, 5.74) is 1.79. The van der Waals surface area contributed by atoms with Gasteiger partial charge in [-0.3, -0.25) is 0 Å². The highest BCUT2D eigenvalue weighted by Crippen LogP contribution is 2.34. The number of hydrogen-bond acceptors (Lipinski definition) is 3. The second-order valence-electron chi connectivity index (χ2n) is 7.36. The van der Waals surface area contributed by atoms with Crippen LogP contribution < -0.4 is 4.74 Å². The molecule has 3 rings (SSSR count). The number of hydrogen-bond donors (Lipinski definition) is 0. The van der Waals surface area contributed by atoms with E-state index in [1.54, 1.807) is 0 Å². The van der Waals surface area contributed by atoms with Gasteiger partial charge < -0.3 is 9.47 Å². The third kappa shape index (κ3) is 4.12. The third-order valence-electron chi connectivity index (χ3n) is 5.77. The fourth-order valence-corrected chi connectivity index (χ4v) is 4.19. The van der Waals surface area contributed by atoms with Gasteiger partial charge in [-0.15, -0.1) is 0 Å². The lowest BCUT2D eigenvalue weighted by molar-refractivity contribution is 0.0215. The van der Waals surface area contributed by atoms with Gasteiger partial charge in [0, 0.05) is 6.42 Å². The minimum atomic E-state index is -0.183. The third-order valence-corrected chi connectivity index (χ3v) is 5.77. The number of carbonyl (C=O) groups is 1. The minimum Gasteiger partial charge on any atom is -0.494 e. The van der Waals surface area contributed by atoms with Crippen molar-refractivity contribution in [2.24, 2.45) is 11.8 Å². The van der Waals surface area contributed by atoms with Crippen LogP contribution >= 0.6 is 0 Å². The summed E-state index contributed by atoms with van der Waals surface area (Å²) >= 11 is 0. The predicted molar refractivity (Wildman–Crippen MR) is 95.5 cm³/mol. The lowest BCUT2D eigenvalue weighted by Gasteiger charge is -2.30. The summed E-state index contributed by atoms with van der Waals surface area (Å²) in [4.78, 5) is 12.3. The van der Waals surface area contributed by atoms with Crippen LogP contribution in [0.3, 0.4) is 0 Å². The molecule has 1 fully saturated rings. The molecule has 1 aliphatic carbocycles. The van der Waals surface area contributed by atoms with E-state index < -0.39 is 0 Å². The standard InChI is InChI=1S/C21H30O3/c1-3-15-5-7-16(8-6-15)9-11-19-13-17-10-12-18(23-4-2)14-20(17)21(22)24-19/h10,12,14-16,19H,3-9,11,13H2,1-2H3. The molecule has 0 N–H and O–H groups in total. The maximum atomic E-state index is 12.3. The van der Waals surface area contributed by atoms with Crippen LogP contribution in [-0.2, 0) is 11.2 Å². The molecule has 1 atom stereocenters. The number of carbonyl (C=O) groups excluding carboxylic acids is 1. The molecule has 3 heteroatoms. The minimum absolute atomic E-state index is 0.0480. The van der Waals surface area contributed by atoms with Crippen molar-refractivity contribution in [1.29, 1.82) is 0 Å². The van der Waals surface area contributed by atoms with Crippen molar-refractivity contribution in [3.05, 3.63) is 29.3 Å². The zero-order valence-corrected chi connectivity index (χ0v) is 15.1. The highest BCUT2D eigenvalue weighted by atomic mass is 16.5. The van der Waals surface area contributed by atoms with Crippen molar-refractivity contribution in [3.63, 3.8) is 0 Å².